The number of hydrogen-bond donors (Lipinski definition) is 1. The van der Waals surface area contributed by atoms with Crippen molar-refractivity contribution in [2.24, 2.45) is 0 Å². The lowest BCUT2D eigenvalue weighted by atomic mass is 10.1. The van der Waals surface area contributed by atoms with Gasteiger partial charge in [0, 0.05) is 49.7 Å². The predicted octanol–water partition coefficient (Wildman–Crippen LogP) is 2.15. The number of ether oxygens (including phenoxy) is 1. The number of aromatic nitrogens is 2. The van der Waals surface area contributed by atoms with E-state index in [-0.39, 0.29) is 5.54 Å². The normalized spacial score (nSPS) is 11.7. The van der Waals surface area contributed by atoms with Crippen LogP contribution in [0.25, 0.3) is 0 Å². The van der Waals surface area contributed by atoms with Gasteiger partial charge < -0.3 is 15.0 Å². The minimum Gasteiger partial charge on any atom is -0.380 e. The van der Waals surface area contributed by atoms with Crippen molar-refractivity contribution in [3.63, 3.8) is 0 Å². The summed E-state index contributed by atoms with van der Waals surface area (Å²) in [6.07, 6.45) is 1.91. The van der Waals surface area contributed by atoms with Gasteiger partial charge >= 0.3 is 0 Å². The monoisotopic (exact) mass is 280 g/mol. The highest BCUT2D eigenvalue weighted by Crippen LogP contribution is 2.11. The zero-order valence-electron chi connectivity index (χ0n) is 13.7. The number of nitrogens with one attached hydrogen (secondary N) is 1. The maximum Gasteiger partial charge on any atom is 0.225 e. The molecule has 1 N–H and O–H groups in total. The van der Waals surface area contributed by atoms with E-state index in [2.05, 4.69) is 36.1 Å². The second kappa shape index (κ2) is 7.55. The van der Waals surface area contributed by atoms with Crippen LogP contribution in [-0.2, 0) is 11.3 Å². The van der Waals surface area contributed by atoms with Crippen LogP contribution in [0.15, 0.2) is 6.20 Å². The molecule has 0 atom stereocenters. The topological polar surface area (TPSA) is 50.3 Å². The van der Waals surface area contributed by atoms with E-state index in [0.29, 0.717) is 6.61 Å². The van der Waals surface area contributed by atoms with E-state index >= 15 is 0 Å². The average molecular weight is 280 g/mol. The van der Waals surface area contributed by atoms with Crippen molar-refractivity contribution >= 4 is 5.95 Å². The second-order valence-electron chi connectivity index (χ2n) is 6.00. The number of rotatable bonds is 7. The fourth-order valence-electron chi connectivity index (χ4n) is 1.64. The quantitative estimate of drug-likeness (QED) is 0.776. The molecular formula is C15H28N4O. The molecule has 1 heterocycles. The van der Waals surface area contributed by atoms with E-state index in [4.69, 9.17) is 4.74 Å². The maximum absolute atomic E-state index is 5.35. The standard InChI is InChI=1S/C15H28N4O/c1-7-20-9-8-19(6)14-16-10-13(12(2)18-14)11-17-15(3,4)5/h10,17H,7-9,11H2,1-6H3. The Morgan fingerprint density at radius 2 is 2.05 bits per heavy atom. The van der Waals surface area contributed by atoms with Gasteiger partial charge in [0.2, 0.25) is 5.95 Å². The smallest absolute Gasteiger partial charge is 0.225 e. The fourth-order valence-corrected chi connectivity index (χ4v) is 1.64. The molecule has 0 aliphatic heterocycles. The summed E-state index contributed by atoms with van der Waals surface area (Å²) in [6, 6.07) is 0. The van der Waals surface area contributed by atoms with Gasteiger partial charge in [-0.05, 0) is 34.6 Å². The van der Waals surface area contributed by atoms with Gasteiger partial charge in [-0.25, -0.2) is 9.97 Å². The van der Waals surface area contributed by atoms with Crippen LogP contribution in [0.4, 0.5) is 5.95 Å². The van der Waals surface area contributed by atoms with Gasteiger partial charge in [0.05, 0.1) is 6.61 Å². The molecule has 0 amide bonds. The minimum atomic E-state index is 0.0966. The minimum absolute atomic E-state index is 0.0966. The van der Waals surface area contributed by atoms with Gasteiger partial charge in [0.15, 0.2) is 0 Å². The van der Waals surface area contributed by atoms with Crippen LogP contribution >= 0.6 is 0 Å². The van der Waals surface area contributed by atoms with Crippen molar-refractivity contribution in [3.05, 3.63) is 17.5 Å². The van der Waals surface area contributed by atoms with Gasteiger partial charge in [-0.1, -0.05) is 0 Å². The van der Waals surface area contributed by atoms with Crippen LogP contribution in [0.5, 0.6) is 0 Å². The third-order valence-corrected chi connectivity index (χ3v) is 2.99. The molecular weight excluding hydrogens is 252 g/mol. The summed E-state index contributed by atoms with van der Waals surface area (Å²) >= 11 is 0. The average Bonchev–Trinajstić information content (AvgIpc) is 2.36. The number of anilines is 1. The summed E-state index contributed by atoms with van der Waals surface area (Å²) in [5, 5.41) is 3.46. The van der Waals surface area contributed by atoms with Crippen LogP contribution in [0.2, 0.25) is 0 Å². The molecule has 0 aliphatic rings. The lowest BCUT2D eigenvalue weighted by Crippen LogP contribution is -2.35. The Bertz CT molecular complexity index is 415. The third-order valence-electron chi connectivity index (χ3n) is 2.99. The van der Waals surface area contributed by atoms with Crippen molar-refractivity contribution in [3.8, 4) is 0 Å². The van der Waals surface area contributed by atoms with E-state index in [1.165, 1.54) is 0 Å². The first-order chi connectivity index (χ1) is 9.33. The molecule has 0 bridgehead atoms. The van der Waals surface area contributed by atoms with Crippen molar-refractivity contribution in [2.45, 2.75) is 46.7 Å². The Morgan fingerprint density at radius 1 is 1.35 bits per heavy atom. The van der Waals surface area contributed by atoms with Gasteiger partial charge in [-0.15, -0.1) is 0 Å². The van der Waals surface area contributed by atoms with Crippen LogP contribution in [0.3, 0.4) is 0 Å². The van der Waals surface area contributed by atoms with Crippen LogP contribution in [0, 0.1) is 6.92 Å². The Balaban J connectivity index is 2.62. The van der Waals surface area contributed by atoms with E-state index in [9.17, 15) is 0 Å². The van der Waals surface area contributed by atoms with Crippen LogP contribution < -0.4 is 10.2 Å². The molecule has 20 heavy (non-hydrogen) atoms. The largest absolute Gasteiger partial charge is 0.380 e. The maximum atomic E-state index is 5.35. The second-order valence-corrected chi connectivity index (χ2v) is 6.00. The number of likely N-dealkylation sites (N-methyl/N-ethyl adjacent to an activating group) is 1. The van der Waals surface area contributed by atoms with Crippen molar-refractivity contribution in [2.75, 3.05) is 31.7 Å². The highest BCUT2D eigenvalue weighted by Gasteiger charge is 2.11. The van der Waals surface area contributed by atoms with Gasteiger partial charge in [0.25, 0.3) is 0 Å². The zero-order chi connectivity index (χ0) is 15.2. The van der Waals surface area contributed by atoms with Gasteiger partial charge in [0.1, 0.15) is 0 Å². The molecule has 0 radical (unpaired) electrons. The Morgan fingerprint density at radius 3 is 2.60 bits per heavy atom. The first-order valence-electron chi connectivity index (χ1n) is 7.20. The predicted molar refractivity (Wildman–Crippen MR) is 83.1 cm³/mol. The molecule has 5 nitrogen and oxygen atoms in total. The molecule has 0 saturated carbocycles. The molecule has 1 aromatic rings. The van der Waals surface area contributed by atoms with Crippen molar-refractivity contribution < 1.29 is 4.74 Å². The molecule has 0 unspecified atom stereocenters. The molecule has 0 aliphatic carbocycles. The van der Waals surface area contributed by atoms with Crippen molar-refractivity contribution in [1.29, 1.82) is 0 Å². The van der Waals surface area contributed by atoms with E-state index < -0.39 is 0 Å². The highest BCUT2D eigenvalue weighted by atomic mass is 16.5. The van der Waals surface area contributed by atoms with E-state index in [0.717, 1.165) is 36.9 Å². The lowest BCUT2D eigenvalue weighted by Gasteiger charge is -2.22. The summed E-state index contributed by atoms with van der Waals surface area (Å²) in [7, 11) is 1.99. The van der Waals surface area contributed by atoms with Crippen LogP contribution in [-0.4, -0.2) is 42.3 Å². The first-order valence-corrected chi connectivity index (χ1v) is 7.20. The molecule has 0 fully saturated rings. The molecule has 5 heteroatoms. The first kappa shape index (κ1) is 16.9. The molecule has 0 saturated heterocycles. The number of nitrogens with zero attached hydrogens (tertiary/aromatic N) is 3. The Labute approximate surface area is 122 Å². The summed E-state index contributed by atoms with van der Waals surface area (Å²) in [6.45, 7) is 13.5. The molecule has 114 valence electrons. The van der Waals surface area contributed by atoms with Crippen molar-refractivity contribution in [1.82, 2.24) is 15.3 Å². The Hall–Kier alpha value is -1.20. The highest BCUT2D eigenvalue weighted by molar-refractivity contribution is 5.31. The fraction of sp³-hybridized carbons (Fsp3) is 0.733. The zero-order valence-corrected chi connectivity index (χ0v) is 13.7. The molecule has 0 aromatic carbocycles. The Kier molecular flexibility index (Phi) is 6.36. The lowest BCUT2D eigenvalue weighted by molar-refractivity contribution is 0.154. The summed E-state index contributed by atoms with van der Waals surface area (Å²) in [4.78, 5) is 11.0. The van der Waals surface area contributed by atoms with E-state index in [1.54, 1.807) is 0 Å². The summed E-state index contributed by atoms with van der Waals surface area (Å²) < 4.78 is 5.35. The van der Waals surface area contributed by atoms with E-state index in [1.807, 2.05) is 32.0 Å². The number of hydrogen-bond acceptors (Lipinski definition) is 5. The van der Waals surface area contributed by atoms with Gasteiger partial charge in [-0.3, -0.25) is 0 Å². The SMILES string of the molecule is CCOCCN(C)c1ncc(CNC(C)(C)C)c(C)n1. The van der Waals surface area contributed by atoms with Gasteiger partial charge in [-0.2, -0.15) is 0 Å². The number of aryl methyl sites for hydroxylation is 1. The molecule has 1 aromatic heterocycles. The van der Waals surface area contributed by atoms with Crippen LogP contribution in [0.1, 0.15) is 39.0 Å². The third kappa shape index (κ3) is 5.84. The summed E-state index contributed by atoms with van der Waals surface area (Å²) in [5.41, 5.74) is 2.26. The summed E-state index contributed by atoms with van der Waals surface area (Å²) in [5.74, 6) is 0.752. The molecule has 1 rings (SSSR count). The molecule has 0 spiro atoms.